The first-order valence-electron chi connectivity index (χ1n) is 6.13. The number of nitrogens with one attached hydrogen (secondary N) is 1. The van der Waals surface area contributed by atoms with Gasteiger partial charge in [-0.1, -0.05) is 27.7 Å². The highest BCUT2D eigenvalue weighted by atomic mass is 16.4. The maximum atomic E-state index is 11.8. The van der Waals surface area contributed by atoms with Crippen LogP contribution in [-0.4, -0.2) is 29.1 Å². The van der Waals surface area contributed by atoms with E-state index in [1.54, 1.807) is 6.92 Å². The number of nitrogens with zero attached hydrogens (tertiary/aromatic N) is 1. The molecule has 0 aliphatic rings. The molecule has 1 rings (SSSR count). The summed E-state index contributed by atoms with van der Waals surface area (Å²) < 4.78 is 5.57. The van der Waals surface area contributed by atoms with Gasteiger partial charge in [0.1, 0.15) is 5.76 Å². The van der Waals surface area contributed by atoms with Crippen LogP contribution in [0.15, 0.2) is 4.42 Å². The zero-order valence-electron chi connectivity index (χ0n) is 11.7. The fraction of sp³-hybridized carbons (Fsp3) is 0.692. The zero-order valence-corrected chi connectivity index (χ0v) is 11.7. The van der Waals surface area contributed by atoms with E-state index in [0.29, 0.717) is 17.3 Å². The molecule has 1 atom stereocenters. The second-order valence-electron chi connectivity index (χ2n) is 5.52. The summed E-state index contributed by atoms with van der Waals surface area (Å²) in [6, 6.07) is 0. The minimum absolute atomic E-state index is 0.0239. The van der Waals surface area contributed by atoms with Crippen LogP contribution >= 0.6 is 0 Å². The Morgan fingerprint density at radius 2 is 2.11 bits per heavy atom. The fourth-order valence-electron chi connectivity index (χ4n) is 1.44. The first kappa shape index (κ1) is 14.7. The first-order valence-corrected chi connectivity index (χ1v) is 6.13. The Hall–Kier alpha value is -1.36. The number of oxazole rings is 1. The molecule has 0 saturated heterocycles. The highest BCUT2D eigenvalue weighted by Crippen LogP contribution is 2.34. The molecule has 0 bridgehead atoms. The summed E-state index contributed by atoms with van der Waals surface area (Å²) in [5.41, 5.74) is 0.324. The molecular formula is C13H22N2O3. The third-order valence-electron chi connectivity index (χ3n) is 3.10. The molecule has 0 fully saturated rings. The Morgan fingerprint density at radius 1 is 1.50 bits per heavy atom. The molecule has 0 aliphatic heterocycles. The summed E-state index contributed by atoms with van der Waals surface area (Å²) in [4.78, 5) is 16.0. The van der Waals surface area contributed by atoms with Crippen LogP contribution in [0.1, 0.15) is 55.8 Å². The van der Waals surface area contributed by atoms with Crippen molar-refractivity contribution in [3.8, 4) is 0 Å². The molecule has 0 saturated carbocycles. The van der Waals surface area contributed by atoms with Gasteiger partial charge in [0, 0.05) is 12.5 Å². The molecule has 0 radical (unpaired) electrons. The number of hydrogen-bond acceptors (Lipinski definition) is 4. The van der Waals surface area contributed by atoms with Gasteiger partial charge in [-0.05, 0) is 12.3 Å². The molecule has 2 N–H and O–H groups in total. The van der Waals surface area contributed by atoms with Crippen molar-refractivity contribution >= 4 is 5.91 Å². The molecule has 1 heterocycles. The van der Waals surface area contributed by atoms with Gasteiger partial charge in [-0.15, -0.1) is 0 Å². The quantitative estimate of drug-likeness (QED) is 0.860. The Balaban J connectivity index is 2.91. The van der Waals surface area contributed by atoms with Crippen LogP contribution < -0.4 is 5.32 Å². The van der Waals surface area contributed by atoms with Gasteiger partial charge in [-0.25, -0.2) is 4.98 Å². The van der Waals surface area contributed by atoms with Crippen LogP contribution in [0.4, 0.5) is 0 Å². The maximum Gasteiger partial charge on any atom is 0.273 e. The van der Waals surface area contributed by atoms with Crippen molar-refractivity contribution in [1.82, 2.24) is 10.3 Å². The number of carbonyl (C=O) groups excluding carboxylic acids is 1. The maximum absolute atomic E-state index is 11.8. The van der Waals surface area contributed by atoms with E-state index in [9.17, 15) is 4.79 Å². The van der Waals surface area contributed by atoms with Gasteiger partial charge in [0.2, 0.25) is 0 Å². The van der Waals surface area contributed by atoms with Gasteiger partial charge in [0.25, 0.3) is 5.91 Å². The van der Waals surface area contributed by atoms with Crippen LogP contribution in [0.3, 0.4) is 0 Å². The lowest BCUT2D eigenvalue weighted by Gasteiger charge is -2.24. The second-order valence-corrected chi connectivity index (χ2v) is 5.52. The number of aliphatic hydroxyl groups excluding tert-OH is 1. The summed E-state index contributed by atoms with van der Waals surface area (Å²) >= 11 is 0. The van der Waals surface area contributed by atoms with E-state index < -0.39 is 0 Å². The summed E-state index contributed by atoms with van der Waals surface area (Å²) in [6.07, 6.45) is 0. The lowest BCUT2D eigenvalue weighted by molar-refractivity contribution is 0.0939. The predicted molar refractivity (Wildman–Crippen MR) is 68.5 cm³/mol. The van der Waals surface area contributed by atoms with Gasteiger partial charge < -0.3 is 14.8 Å². The molecule has 5 nitrogen and oxygen atoms in total. The zero-order chi connectivity index (χ0) is 13.9. The minimum Gasteiger partial charge on any atom is -0.445 e. The summed E-state index contributed by atoms with van der Waals surface area (Å²) in [7, 11) is 0. The van der Waals surface area contributed by atoms with Crippen molar-refractivity contribution < 1.29 is 14.3 Å². The summed E-state index contributed by atoms with van der Waals surface area (Å²) in [5, 5.41) is 11.2. The number of hydrogen-bond donors (Lipinski definition) is 2. The average molecular weight is 254 g/mol. The number of aliphatic hydroxyl groups is 1. The smallest absolute Gasteiger partial charge is 0.273 e. The van der Waals surface area contributed by atoms with Crippen LogP contribution in [0.5, 0.6) is 0 Å². The minimum atomic E-state index is -0.308. The van der Waals surface area contributed by atoms with Crippen molar-refractivity contribution in [2.75, 3.05) is 13.2 Å². The van der Waals surface area contributed by atoms with E-state index in [4.69, 9.17) is 9.52 Å². The van der Waals surface area contributed by atoms with Crippen molar-refractivity contribution in [1.29, 1.82) is 0 Å². The van der Waals surface area contributed by atoms with E-state index >= 15 is 0 Å². The largest absolute Gasteiger partial charge is 0.445 e. The number of aromatic nitrogens is 1. The molecular weight excluding hydrogens is 232 g/mol. The van der Waals surface area contributed by atoms with E-state index in [0.717, 1.165) is 0 Å². The summed E-state index contributed by atoms with van der Waals surface area (Å²) in [5.74, 6) is 0.902. The molecule has 102 valence electrons. The molecule has 0 aliphatic carbocycles. The predicted octanol–water partition coefficient (Wildman–Crippen LogP) is 1.85. The fourth-order valence-corrected chi connectivity index (χ4v) is 1.44. The molecule has 0 spiro atoms. The van der Waals surface area contributed by atoms with Crippen LogP contribution in [0.25, 0.3) is 0 Å². The SMILES string of the molecule is Cc1oc(C(C)C(C)(C)C)nc1C(=O)NCCO. The van der Waals surface area contributed by atoms with Crippen LogP contribution in [0, 0.1) is 12.3 Å². The molecule has 1 aromatic rings. The third kappa shape index (κ3) is 3.32. The van der Waals surface area contributed by atoms with Crippen molar-refractivity contribution in [3.05, 3.63) is 17.3 Å². The Labute approximate surface area is 108 Å². The van der Waals surface area contributed by atoms with Gasteiger partial charge in [0.15, 0.2) is 11.6 Å². The second kappa shape index (κ2) is 5.52. The number of carbonyl (C=O) groups is 1. The van der Waals surface area contributed by atoms with Crippen molar-refractivity contribution in [3.63, 3.8) is 0 Å². The van der Waals surface area contributed by atoms with Gasteiger partial charge in [-0.3, -0.25) is 4.79 Å². The topological polar surface area (TPSA) is 75.4 Å². The van der Waals surface area contributed by atoms with Crippen molar-refractivity contribution in [2.24, 2.45) is 5.41 Å². The highest BCUT2D eigenvalue weighted by molar-refractivity contribution is 5.93. The van der Waals surface area contributed by atoms with E-state index in [2.05, 4.69) is 31.1 Å². The van der Waals surface area contributed by atoms with Gasteiger partial charge in [-0.2, -0.15) is 0 Å². The van der Waals surface area contributed by atoms with Gasteiger partial charge >= 0.3 is 0 Å². The van der Waals surface area contributed by atoms with E-state index in [1.165, 1.54) is 0 Å². The Morgan fingerprint density at radius 3 is 2.61 bits per heavy atom. The molecule has 1 unspecified atom stereocenters. The number of rotatable bonds is 4. The number of amides is 1. The van der Waals surface area contributed by atoms with E-state index in [1.807, 2.05) is 6.92 Å². The van der Waals surface area contributed by atoms with Crippen LogP contribution in [0.2, 0.25) is 0 Å². The normalized spacial score (nSPS) is 13.4. The third-order valence-corrected chi connectivity index (χ3v) is 3.10. The summed E-state index contributed by atoms with van der Waals surface area (Å²) in [6.45, 7) is 10.2. The Bertz CT molecular complexity index is 418. The average Bonchev–Trinajstić information content (AvgIpc) is 2.65. The number of aryl methyl sites for hydroxylation is 1. The van der Waals surface area contributed by atoms with Crippen LogP contribution in [-0.2, 0) is 0 Å². The molecule has 0 aromatic carbocycles. The van der Waals surface area contributed by atoms with Crippen molar-refractivity contribution in [2.45, 2.75) is 40.5 Å². The molecule has 1 aromatic heterocycles. The molecule has 1 amide bonds. The highest BCUT2D eigenvalue weighted by Gasteiger charge is 2.28. The lowest BCUT2D eigenvalue weighted by atomic mass is 9.82. The van der Waals surface area contributed by atoms with Gasteiger partial charge in [0.05, 0.1) is 6.61 Å². The first-order chi connectivity index (χ1) is 8.27. The monoisotopic (exact) mass is 254 g/mol. The lowest BCUT2D eigenvalue weighted by Crippen LogP contribution is -2.27. The van der Waals surface area contributed by atoms with E-state index in [-0.39, 0.29) is 30.4 Å². The molecule has 18 heavy (non-hydrogen) atoms. The Kier molecular flexibility index (Phi) is 4.51. The molecule has 5 heteroatoms. The standard InChI is InChI=1S/C13H22N2O3/c1-8(13(3,4)5)12-15-10(9(2)18-12)11(17)14-6-7-16/h8,16H,6-7H2,1-5H3,(H,14,17).